The lowest BCUT2D eigenvalue weighted by Crippen LogP contribution is -2.26. The molecule has 0 aliphatic heterocycles. The molecule has 0 amide bonds. The van der Waals surface area contributed by atoms with Crippen LogP contribution in [-0.4, -0.2) is 24.8 Å². The Kier molecular flexibility index (Phi) is 4.57. The van der Waals surface area contributed by atoms with Crippen LogP contribution in [0.5, 0.6) is 0 Å². The van der Waals surface area contributed by atoms with Crippen molar-refractivity contribution in [2.45, 2.75) is 6.18 Å². The van der Waals surface area contributed by atoms with Gasteiger partial charge in [0, 0.05) is 18.8 Å². The van der Waals surface area contributed by atoms with E-state index in [1.165, 1.54) is 12.1 Å². The molecule has 0 saturated carbocycles. The molecule has 2 nitrogen and oxygen atoms in total. The number of alkyl halides is 3. The third-order valence-electron chi connectivity index (χ3n) is 2.28. The Morgan fingerprint density at radius 1 is 1.24 bits per heavy atom. The van der Waals surface area contributed by atoms with Gasteiger partial charge in [-0.3, -0.25) is 0 Å². The lowest BCUT2D eigenvalue weighted by Gasteiger charge is -2.22. The van der Waals surface area contributed by atoms with Crippen LogP contribution in [0.25, 0.3) is 0 Å². The van der Waals surface area contributed by atoms with Gasteiger partial charge in [-0.25, -0.2) is 0 Å². The summed E-state index contributed by atoms with van der Waals surface area (Å²) in [7, 11) is 0. The highest BCUT2D eigenvalue weighted by atomic mass is 19.4. The third kappa shape index (κ3) is 3.78. The topological polar surface area (TPSA) is 23.5 Å². The van der Waals surface area contributed by atoms with Crippen molar-refractivity contribution in [3.63, 3.8) is 0 Å². The maximum Gasteiger partial charge on any atom is 0.416 e. The van der Waals surface area contributed by atoms with Gasteiger partial charge in [-0.1, -0.05) is 6.08 Å². The fourth-order valence-electron chi connectivity index (χ4n) is 1.46. The van der Waals surface area contributed by atoms with Crippen LogP contribution in [0.15, 0.2) is 36.9 Å². The van der Waals surface area contributed by atoms with Crippen molar-refractivity contribution in [1.29, 1.82) is 0 Å². The third-order valence-corrected chi connectivity index (χ3v) is 2.28. The van der Waals surface area contributed by atoms with Crippen LogP contribution < -0.4 is 4.90 Å². The molecule has 0 aliphatic rings. The molecule has 1 aromatic carbocycles. The summed E-state index contributed by atoms with van der Waals surface area (Å²) in [5.74, 6) is 0. The first-order valence-corrected chi connectivity index (χ1v) is 5.13. The van der Waals surface area contributed by atoms with Crippen LogP contribution in [0, 0.1) is 0 Å². The van der Waals surface area contributed by atoms with Crippen LogP contribution >= 0.6 is 0 Å². The number of hydrogen-bond acceptors (Lipinski definition) is 2. The number of nitrogens with zero attached hydrogens (tertiary/aromatic N) is 1. The van der Waals surface area contributed by atoms with Crippen LogP contribution in [0.1, 0.15) is 5.56 Å². The average molecular weight is 245 g/mol. The van der Waals surface area contributed by atoms with Crippen molar-refractivity contribution in [3.8, 4) is 0 Å². The number of hydrogen-bond donors (Lipinski definition) is 1. The van der Waals surface area contributed by atoms with Gasteiger partial charge in [-0.15, -0.1) is 6.58 Å². The van der Waals surface area contributed by atoms with Gasteiger partial charge in [0.15, 0.2) is 0 Å². The van der Waals surface area contributed by atoms with E-state index in [1.54, 1.807) is 11.0 Å². The van der Waals surface area contributed by atoms with Crippen molar-refractivity contribution in [1.82, 2.24) is 0 Å². The van der Waals surface area contributed by atoms with E-state index in [0.717, 1.165) is 12.1 Å². The lowest BCUT2D eigenvalue weighted by molar-refractivity contribution is -0.137. The van der Waals surface area contributed by atoms with E-state index in [9.17, 15) is 13.2 Å². The molecule has 1 N–H and O–H groups in total. The molecule has 1 aromatic rings. The first kappa shape index (κ1) is 13.6. The van der Waals surface area contributed by atoms with Gasteiger partial charge in [0.2, 0.25) is 0 Å². The molecule has 0 unspecified atom stereocenters. The number of rotatable bonds is 5. The van der Waals surface area contributed by atoms with Crippen molar-refractivity contribution in [2.75, 3.05) is 24.6 Å². The second kappa shape index (κ2) is 5.72. The highest BCUT2D eigenvalue weighted by Crippen LogP contribution is 2.30. The summed E-state index contributed by atoms with van der Waals surface area (Å²) in [6.07, 6.45) is -2.69. The molecule has 0 aromatic heterocycles. The maximum absolute atomic E-state index is 12.3. The smallest absolute Gasteiger partial charge is 0.395 e. The number of aliphatic hydroxyl groups excluding tert-OH is 1. The summed E-state index contributed by atoms with van der Waals surface area (Å²) < 4.78 is 37.0. The van der Waals surface area contributed by atoms with Gasteiger partial charge in [0.1, 0.15) is 0 Å². The normalized spacial score (nSPS) is 11.3. The summed E-state index contributed by atoms with van der Waals surface area (Å²) in [5.41, 5.74) is -0.0456. The highest BCUT2D eigenvalue weighted by Gasteiger charge is 2.30. The quantitative estimate of drug-likeness (QED) is 0.806. The van der Waals surface area contributed by atoms with E-state index in [1.807, 2.05) is 0 Å². The number of aliphatic hydroxyl groups is 1. The Bertz CT molecular complexity index is 359. The molecular weight excluding hydrogens is 231 g/mol. The summed E-state index contributed by atoms with van der Waals surface area (Å²) in [6, 6.07) is 4.84. The second-order valence-corrected chi connectivity index (χ2v) is 3.50. The Hall–Kier alpha value is -1.49. The minimum absolute atomic E-state index is 0.0607. The zero-order chi connectivity index (χ0) is 12.9. The Morgan fingerprint density at radius 2 is 1.82 bits per heavy atom. The molecule has 0 aliphatic carbocycles. The predicted octanol–water partition coefficient (Wildman–Crippen LogP) is 2.69. The summed E-state index contributed by atoms with van der Waals surface area (Å²) in [6.45, 7) is 4.34. The van der Waals surface area contributed by atoms with Crippen molar-refractivity contribution < 1.29 is 18.3 Å². The number of benzene rings is 1. The first-order valence-electron chi connectivity index (χ1n) is 5.13. The standard InChI is InChI=1S/C12H14F3NO/c1-2-7-16(8-9-17)11-5-3-10(4-6-11)12(13,14)15/h2-6,17H,1,7-9H2. The Labute approximate surface area is 98.0 Å². The van der Waals surface area contributed by atoms with Crippen molar-refractivity contribution in [2.24, 2.45) is 0 Å². The molecule has 0 fully saturated rings. The van der Waals surface area contributed by atoms with Crippen molar-refractivity contribution >= 4 is 5.69 Å². The van der Waals surface area contributed by atoms with Gasteiger partial charge < -0.3 is 10.0 Å². The summed E-state index contributed by atoms with van der Waals surface area (Å²) in [4.78, 5) is 1.74. The minimum atomic E-state index is -4.32. The van der Waals surface area contributed by atoms with E-state index in [0.29, 0.717) is 18.8 Å². The van der Waals surface area contributed by atoms with E-state index in [4.69, 9.17) is 5.11 Å². The molecule has 0 atom stereocenters. The molecule has 0 heterocycles. The van der Waals surface area contributed by atoms with E-state index < -0.39 is 11.7 Å². The van der Waals surface area contributed by atoms with Crippen LogP contribution in [0.2, 0.25) is 0 Å². The van der Waals surface area contributed by atoms with Crippen LogP contribution in [-0.2, 0) is 6.18 Å². The highest BCUT2D eigenvalue weighted by molar-refractivity contribution is 5.48. The number of halogens is 3. The van der Waals surface area contributed by atoms with Gasteiger partial charge in [0.05, 0.1) is 12.2 Å². The summed E-state index contributed by atoms with van der Waals surface area (Å²) >= 11 is 0. The SMILES string of the molecule is C=CCN(CCO)c1ccc(C(F)(F)F)cc1. The van der Waals surface area contributed by atoms with Gasteiger partial charge >= 0.3 is 6.18 Å². The zero-order valence-corrected chi connectivity index (χ0v) is 9.24. The van der Waals surface area contributed by atoms with E-state index in [-0.39, 0.29) is 6.61 Å². The predicted molar refractivity (Wildman–Crippen MR) is 60.9 cm³/mol. The summed E-state index contributed by atoms with van der Waals surface area (Å²) in [5, 5.41) is 8.85. The second-order valence-electron chi connectivity index (χ2n) is 3.50. The average Bonchev–Trinajstić information content (AvgIpc) is 2.28. The zero-order valence-electron chi connectivity index (χ0n) is 9.24. The molecule has 94 valence electrons. The van der Waals surface area contributed by atoms with Gasteiger partial charge in [0.25, 0.3) is 0 Å². The maximum atomic E-state index is 12.3. The molecule has 0 saturated heterocycles. The van der Waals surface area contributed by atoms with Crippen molar-refractivity contribution in [3.05, 3.63) is 42.5 Å². The lowest BCUT2D eigenvalue weighted by atomic mass is 10.2. The molecule has 1 rings (SSSR count). The molecule has 0 bridgehead atoms. The molecule has 5 heteroatoms. The molecule has 0 radical (unpaired) electrons. The van der Waals surface area contributed by atoms with Crippen LogP contribution in [0.3, 0.4) is 0 Å². The molecular formula is C12H14F3NO. The fourth-order valence-corrected chi connectivity index (χ4v) is 1.46. The molecule has 0 spiro atoms. The number of anilines is 1. The largest absolute Gasteiger partial charge is 0.416 e. The Morgan fingerprint density at radius 3 is 2.24 bits per heavy atom. The first-order chi connectivity index (χ1) is 7.99. The fraction of sp³-hybridized carbons (Fsp3) is 0.333. The minimum Gasteiger partial charge on any atom is -0.395 e. The Balaban J connectivity index is 2.87. The van der Waals surface area contributed by atoms with Gasteiger partial charge in [-0.05, 0) is 24.3 Å². The monoisotopic (exact) mass is 245 g/mol. The van der Waals surface area contributed by atoms with Crippen LogP contribution in [0.4, 0.5) is 18.9 Å². The van der Waals surface area contributed by atoms with E-state index >= 15 is 0 Å². The van der Waals surface area contributed by atoms with E-state index in [2.05, 4.69) is 6.58 Å². The molecule has 17 heavy (non-hydrogen) atoms. The van der Waals surface area contributed by atoms with Gasteiger partial charge in [-0.2, -0.15) is 13.2 Å².